The Bertz CT molecular complexity index is 295. The zero-order valence-electron chi connectivity index (χ0n) is 13.3. The zero-order valence-corrected chi connectivity index (χ0v) is 13.3. The molecule has 2 heterocycles. The van der Waals surface area contributed by atoms with E-state index in [0.717, 1.165) is 58.2 Å². The largest absolute Gasteiger partial charge is 0.376 e. The van der Waals surface area contributed by atoms with Crippen molar-refractivity contribution in [3.8, 4) is 0 Å². The number of unbranched alkanes of at least 4 members (excludes halogenated alkanes) is 1. The minimum Gasteiger partial charge on any atom is -0.376 e. The fourth-order valence-electron chi connectivity index (χ4n) is 3.10. The fraction of sp³-hybridized carbons (Fsp3) is 0.938. The molecule has 0 radical (unpaired) electrons. The molecule has 1 amide bonds. The molecule has 5 nitrogen and oxygen atoms in total. The summed E-state index contributed by atoms with van der Waals surface area (Å²) in [4.78, 5) is 14.5. The lowest BCUT2D eigenvalue weighted by molar-refractivity contribution is -0.136. The maximum absolute atomic E-state index is 12.6. The monoisotopic (exact) mass is 298 g/mol. The Hall–Kier alpha value is -0.650. The summed E-state index contributed by atoms with van der Waals surface area (Å²) in [6.07, 6.45) is 7.45. The highest BCUT2D eigenvalue weighted by Gasteiger charge is 2.29. The van der Waals surface area contributed by atoms with Gasteiger partial charge in [0, 0.05) is 26.3 Å². The predicted molar refractivity (Wildman–Crippen MR) is 82.0 cm³/mol. The topological polar surface area (TPSA) is 64.8 Å². The molecular formula is C16H30N2O3. The summed E-state index contributed by atoms with van der Waals surface area (Å²) < 4.78 is 11.4. The van der Waals surface area contributed by atoms with Crippen LogP contribution in [0.1, 0.15) is 51.9 Å². The summed E-state index contributed by atoms with van der Waals surface area (Å²) >= 11 is 0. The Morgan fingerprint density at radius 1 is 1.19 bits per heavy atom. The van der Waals surface area contributed by atoms with Crippen LogP contribution in [-0.4, -0.2) is 55.4 Å². The number of amides is 1. The van der Waals surface area contributed by atoms with Gasteiger partial charge in [-0.15, -0.1) is 0 Å². The van der Waals surface area contributed by atoms with Gasteiger partial charge in [-0.25, -0.2) is 0 Å². The molecule has 122 valence electrons. The molecule has 2 rings (SSSR count). The van der Waals surface area contributed by atoms with Gasteiger partial charge in [0.2, 0.25) is 5.91 Å². The van der Waals surface area contributed by atoms with E-state index in [2.05, 4.69) is 6.92 Å². The highest BCUT2D eigenvalue weighted by Crippen LogP contribution is 2.18. The Morgan fingerprint density at radius 2 is 1.76 bits per heavy atom. The molecule has 0 spiro atoms. The second kappa shape index (κ2) is 8.71. The minimum atomic E-state index is -0.382. The molecule has 0 aromatic heterocycles. The number of ether oxygens (including phenoxy) is 2. The Kier molecular flexibility index (Phi) is 6.93. The highest BCUT2D eigenvalue weighted by molar-refractivity contribution is 5.81. The SMILES string of the molecule is CCCCC(N)C(=O)N(CC1CCCO1)CC1CCCO1. The van der Waals surface area contributed by atoms with E-state index in [0.29, 0.717) is 13.1 Å². The molecule has 0 aliphatic carbocycles. The number of rotatable bonds is 8. The molecule has 0 bridgehead atoms. The van der Waals surface area contributed by atoms with Crippen LogP contribution < -0.4 is 5.73 Å². The van der Waals surface area contributed by atoms with Crippen molar-refractivity contribution in [3.05, 3.63) is 0 Å². The minimum absolute atomic E-state index is 0.0643. The van der Waals surface area contributed by atoms with Crippen LogP contribution in [0.5, 0.6) is 0 Å². The van der Waals surface area contributed by atoms with Crippen LogP contribution in [0.4, 0.5) is 0 Å². The van der Waals surface area contributed by atoms with Crippen molar-refractivity contribution in [1.82, 2.24) is 4.90 Å². The molecular weight excluding hydrogens is 268 g/mol. The van der Waals surface area contributed by atoms with E-state index < -0.39 is 0 Å². The van der Waals surface area contributed by atoms with Crippen LogP contribution in [-0.2, 0) is 14.3 Å². The fourth-order valence-corrected chi connectivity index (χ4v) is 3.10. The second-order valence-corrected chi connectivity index (χ2v) is 6.26. The Balaban J connectivity index is 1.90. The lowest BCUT2D eigenvalue weighted by atomic mass is 10.1. The van der Waals surface area contributed by atoms with Crippen molar-refractivity contribution in [2.45, 2.75) is 70.1 Å². The summed E-state index contributed by atoms with van der Waals surface area (Å²) in [5.41, 5.74) is 6.08. The molecule has 0 aromatic carbocycles. The molecule has 5 heteroatoms. The molecule has 2 saturated heterocycles. The van der Waals surface area contributed by atoms with E-state index in [1.807, 2.05) is 4.90 Å². The average Bonchev–Trinajstić information content (AvgIpc) is 3.16. The normalized spacial score (nSPS) is 27.0. The average molecular weight is 298 g/mol. The number of nitrogens with zero attached hydrogens (tertiary/aromatic N) is 1. The number of carbonyl (C=O) groups is 1. The van der Waals surface area contributed by atoms with Crippen LogP contribution in [0.25, 0.3) is 0 Å². The summed E-state index contributed by atoms with van der Waals surface area (Å²) in [7, 11) is 0. The third kappa shape index (κ3) is 5.24. The van der Waals surface area contributed by atoms with E-state index >= 15 is 0 Å². The van der Waals surface area contributed by atoms with Gasteiger partial charge in [0.25, 0.3) is 0 Å². The van der Waals surface area contributed by atoms with Gasteiger partial charge in [-0.1, -0.05) is 19.8 Å². The van der Waals surface area contributed by atoms with E-state index in [1.165, 1.54) is 0 Å². The van der Waals surface area contributed by atoms with Crippen LogP contribution in [0, 0.1) is 0 Å². The standard InChI is InChI=1S/C16H30N2O3/c1-2-3-8-15(17)16(19)18(11-13-6-4-9-20-13)12-14-7-5-10-21-14/h13-15H,2-12,17H2,1H3. The van der Waals surface area contributed by atoms with Gasteiger partial charge in [0.05, 0.1) is 18.2 Å². The Labute approximate surface area is 128 Å². The number of hydrogen-bond acceptors (Lipinski definition) is 4. The quantitative estimate of drug-likeness (QED) is 0.740. The summed E-state index contributed by atoms with van der Waals surface area (Å²) in [5.74, 6) is 0.0643. The van der Waals surface area contributed by atoms with Crippen LogP contribution in [0.3, 0.4) is 0 Å². The van der Waals surface area contributed by atoms with Crippen LogP contribution in [0.15, 0.2) is 0 Å². The summed E-state index contributed by atoms with van der Waals surface area (Å²) in [6, 6.07) is -0.382. The number of carbonyl (C=O) groups excluding carboxylic acids is 1. The van der Waals surface area contributed by atoms with Crippen molar-refractivity contribution in [2.75, 3.05) is 26.3 Å². The van der Waals surface area contributed by atoms with Crippen LogP contribution in [0.2, 0.25) is 0 Å². The van der Waals surface area contributed by atoms with Crippen molar-refractivity contribution >= 4 is 5.91 Å². The number of hydrogen-bond donors (Lipinski definition) is 1. The molecule has 2 aliphatic rings. The van der Waals surface area contributed by atoms with Crippen molar-refractivity contribution in [1.29, 1.82) is 0 Å². The van der Waals surface area contributed by atoms with E-state index in [-0.39, 0.29) is 24.2 Å². The van der Waals surface area contributed by atoms with Gasteiger partial charge in [0.15, 0.2) is 0 Å². The van der Waals surface area contributed by atoms with Gasteiger partial charge < -0.3 is 20.1 Å². The van der Waals surface area contributed by atoms with Crippen molar-refractivity contribution < 1.29 is 14.3 Å². The van der Waals surface area contributed by atoms with Gasteiger partial charge in [-0.3, -0.25) is 4.79 Å². The van der Waals surface area contributed by atoms with E-state index in [9.17, 15) is 4.79 Å². The lowest BCUT2D eigenvalue weighted by Gasteiger charge is -2.30. The molecule has 3 unspecified atom stereocenters. The van der Waals surface area contributed by atoms with Gasteiger partial charge in [0.1, 0.15) is 0 Å². The lowest BCUT2D eigenvalue weighted by Crippen LogP contribution is -2.49. The first-order valence-corrected chi connectivity index (χ1v) is 8.48. The molecule has 0 saturated carbocycles. The predicted octanol–water partition coefficient (Wildman–Crippen LogP) is 1.69. The molecule has 2 N–H and O–H groups in total. The molecule has 2 fully saturated rings. The van der Waals surface area contributed by atoms with Gasteiger partial charge in [-0.2, -0.15) is 0 Å². The summed E-state index contributed by atoms with van der Waals surface area (Å²) in [6.45, 7) is 5.08. The van der Waals surface area contributed by atoms with E-state index in [1.54, 1.807) is 0 Å². The maximum Gasteiger partial charge on any atom is 0.239 e. The molecule has 21 heavy (non-hydrogen) atoms. The van der Waals surface area contributed by atoms with Crippen LogP contribution >= 0.6 is 0 Å². The zero-order chi connectivity index (χ0) is 15.1. The van der Waals surface area contributed by atoms with E-state index in [4.69, 9.17) is 15.2 Å². The second-order valence-electron chi connectivity index (χ2n) is 6.26. The van der Waals surface area contributed by atoms with Gasteiger partial charge in [-0.05, 0) is 32.1 Å². The molecule has 0 aromatic rings. The maximum atomic E-state index is 12.6. The van der Waals surface area contributed by atoms with Crippen molar-refractivity contribution in [2.24, 2.45) is 5.73 Å². The van der Waals surface area contributed by atoms with Crippen molar-refractivity contribution in [3.63, 3.8) is 0 Å². The molecule has 2 aliphatic heterocycles. The molecule has 3 atom stereocenters. The highest BCUT2D eigenvalue weighted by atomic mass is 16.5. The third-order valence-corrected chi connectivity index (χ3v) is 4.39. The first-order chi connectivity index (χ1) is 10.2. The Morgan fingerprint density at radius 3 is 2.19 bits per heavy atom. The van der Waals surface area contributed by atoms with Gasteiger partial charge >= 0.3 is 0 Å². The first-order valence-electron chi connectivity index (χ1n) is 8.48. The smallest absolute Gasteiger partial charge is 0.239 e. The first kappa shape index (κ1) is 16.7. The number of nitrogens with two attached hydrogens (primary N) is 1. The summed E-state index contributed by atoms with van der Waals surface area (Å²) in [5, 5.41) is 0. The third-order valence-electron chi connectivity index (χ3n) is 4.39.